The van der Waals surface area contributed by atoms with E-state index in [-0.39, 0.29) is 18.0 Å². The van der Waals surface area contributed by atoms with Crippen molar-refractivity contribution in [3.63, 3.8) is 0 Å². The number of primary amides is 1. The number of nitrogens with two attached hydrogens (primary N) is 1. The summed E-state index contributed by atoms with van der Waals surface area (Å²) in [5.41, 5.74) is 6.31. The van der Waals surface area contributed by atoms with Crippen molar-refractivity contribution in [2.45, 2.75) is 23.4 Å². The van der Waals surface area contributed by atoms with Crippen molar-refractivity contribution in [1.29, 1.82) is 0 Å². The molecule has 3 aliphatic rings. The minimum absolute atomic E-state index is 0.0411. The van der Waals surface area contributed by atoms with Crippen molar-refractivity contribution in [3.8, 4) is 0 Å². The van der Waals surface area contributed by atoms with Gasteiger partial charge < -0.3 is 25.8 Å². The van der Waals surface area contributed by atoms with E-state index >= 15 is 0 Å². The number of carbonyl (C=O) groups is 4. The largest absolute Gasteiger partial charge is 0.487 e. The lowest BCUT2D eigenvalue weighted by Crippen LogP contribution is -2.70. The predicted molar refractivity (Wildman–Crippen MR) is 121 cm³/mol. The number of likely N-dealkylation sites (tertiary alicyclic amines) is 1. The maximum absolute atomic E-state index is 13.0. The first kappa shape index (κ1) is 21.8. The van der Waals surface area contributed by atoms with Crippen molar-refractivity contribution >= 4 is 42.1 Å². The molecule has 4 N–H and O–H groups in total. The van der Waals surface area contributed by atoms with Crippen molar-refractivity contribution < 1.29 is 29.0 Å². The Hall–Kier alpha value is -4.06. The van der Waals surface area contributed by atoms with E-state index in [4.69, 9.17) is 10.5 Å². The van der Waals surface area contributed by atoms with Gasteiger partial charge in [0, 0.05) is 23.6 Å². The van der Waals surface area contributed by atoms with Crippen LogP contribution in [0.3, 0.4) is 0 Å². The fraction of sp³-hybridized carbons (Fsp3) is 0.227. The van der Waals surface area contributed by atoms with Crippen LogP contribution in [0.1, 0.15) is 21.2 Å². The fourth-order valence-corrected chi connectivity index (χ4v) is 4.88. The zero-order chi connectivity index (χ0) is 24.1. The zero-order valence-corrected chi connectivity index (χ0v) is 18.4. The van der Waals surface area contributed by atoms with Crippen LogP contribution >= 0.6 is 12.6 Å². The van der Waals surface area contributed by atoms with Gasteiger partial charge in [0.25, 0.3) is 5.91 Å². The molecule has 3 aliphatic heterocycles. The average Bonchev–Trinajstić information content (AvgIpc) is 3.20. The molecule has 2 saturated heterocycles. The Balaban J connectivity index is 1.39. The number of pyridine rings is 1. The number of carboxylic acids is 1. The molecular formula is C22H19N5O6S. The van der Waals surface area contributed by atoms with E-state index in [9.17, 15) is 24.3 Å². The number of amides is 4. The summed E-state index contributed by atoms with van der Waals surface area (Å²) in [7, 11) is 0. The van der Waals surface area contributed by atoms with Crippen LogP contribution in [0.15, 0.2) is 60.2 Å². The molecular weight excluding hydrogens is 462 g/mol. The predicted octanol–water partition coefficient (Wildman–Crippen LogP) is 0.973. The number of β-lactam (4-membered cyclic amide) rings is 1. The number of nitrogens with one attached hydrogen (secondary N) is 1. The fourth-order valence-electron chi connectivity index (χ4n) is 4.52. The molecule has 1 unspecified atom stereocenters. The van der Waals surface area contributed by atoms with Crippen LogP contribution in [0.2, 0.25) is 0 Å². The van der Waals surface area contributed by atoms with E-state index in [1.807, 2.05) is 0 Å². The number of ether oxygens (including phenoxy) is 1. The summed E-state index contributed by atoms with van der Waals surface area (Å²) in [5.74, 6) is -2.36. The maximum Gasteiger partial charge on any atom is 0.356 e. The highest BCUT2D eigenvalue weighted by Gasteiger charge is 2.66. The number of carbonyl (C=O) groups excluding carboxylic acids is 3. The number of hydrogen-bond acceptors (Lipinski definition) is 7. The third-order valence-corrected chi connectivity index (χ3v) is 6.65. The molecule has 0 radical (unpaired) electrons. The molecule has 1 aromatic carbocycles. The second-order valence-electron chi connectivity index (χ2n) is 8.03. The van der Waals surface area contributed by atoms with Crippen LogP contribution in [0.5, 0.6) is 0 Å². The van der Waals surface area contributed by atoms with Gasteiger partial charge in [-0.25, -0.2) is 9.59 Å². The minimum atomic E-state index is -1.31. The summed E-state index contributed by atoms with van der Waals surface area (Å²) >= 11 is 4.55. The second-order valence-corrected chi connectivity index (χ2v) is 8.54. The number of benzene rings is 1. The molecule has 12 heteroatoms. The van der Waals surface area contributed by atoms with Crippen LogP contribution in [0.25, 0.3) is 0 Å². The van der Waals surface area contributed by atoms with E-state index < -0.39 is 47.3 Å². The Kier molecular flexibility index (Phi) is 5.16. The first-order chi connectivity index (χ1) is 16.3. The Bertz CT molecular complexity index is 1230. The maximum atomic E-state index is 13.0. The van der Waals surface area contributed by atoms with Gasteiger partial charge in [-0.3, -0.25) is 19.5 Å². The topological polar surface area (TPSA) is 155 Å². The SMILES string of the molecule is NC(=O)c1ccc(NC(=O)N2C[C@H]3OC(C(S)c4ccncc4)=C(C(=O)O)N4C(=O)[C@@H]2[C@@H]34)cc1. The molecule has 4 heterocycles. The Morgan fingerprint density at radius 1 is 1.18 bits per heavy atom. The first-order valence-corrected chi connectivity index (χ1v) is 10.8. The normalized spacial score (nSPS) is 23.6. The van der Waals surface area contributed by atoms with Crippen LogP contribution < -0.4 is 11.1 Å². The highest BCUT2D eigenvalue weighted by atomic mass is 32.1. The second kappa shape index (κ2) is 8.06. The van der Waals surface area contributed by atoms with Gasteiger partial charge >= 0.3 is 12.0 Å². The van der Waals surface area contributed by atoms with Gasteiger partial charge in [-0.15, -0.1) is 0 Å². The molecule has 0 spiro atoms. The quantitative estimate of drug-likeness (QED) is 0.366. The van der Waals surface area contributed by atoms with Gasteiger partial charge in [0.15, 0.2) is 5.70 Å². The summed E-state index contributed by atoms with van der Waals surface area (Å²) in [6.45, 7) is 0.0794. The molecule has 2 aromatic rings. The van der Waals surface area contributed by atoms with E-state index in [2.05, 4.69) is 22.9 Å². The molecule has 0 saturated carbocycles. The number of aromatic nitrogens is 1. The van der Waals surface area contributed by atoms with Crippen molar-refractivity contribution in [1.82, 2.24) is 14.8 Å². The molecule has 4 amide bonds. The highest BCUT2D eigenvalue weighted by molar-refractivity contribution is 7.80. The van der Waals surface area contributed by atoms with Crippen molar-refractivity contribution in [2.75, 3.05) is 11.9 Å². The smallest absolute Gasteiger partial charge is 0.356 e. The summed E-state index contributed by atoms with van der Waals surface area (Å²) < 4.78 is 6.06. The van der Waals surface area contributed by atoms with Crippen LogP contribution in [-0.2, 0) is 14.3 Å². The first-order valence-electron chi connectivity index (χ1n) is 10.3. The average molecular weight is 481 g/mol. The molecule has 34 heavy (non-hydrogen) atoms. The summed E-state index contributed by atoms with van der Waals surface area (Å²) in [5, 5.41) is 11.8. The van der Waals surface area contributed by atoms with Gasteiger partial charge in [-0.1, -0.05) is 0 Å². The van der Waals surface area contributed by atoms with Crippen molar-refractivity contribution in [2.24, 2.45) is 5.73 Å². The van der Waals surface area contributed by atoms with Crippen molar-refractivity contribution in [3.05, 3.63) is 71.4 Å². The van der Waals surface area contributed by atoms with Gasteiger partial charge in [-0.2, -0.15) is 12.6 Å². The zero-order valence-electron chi connectivity index (χ0n) is 17.5. The number of nitrogens with zero attached hydrogens (tertiary/aromatic N) is 3. The third-order valence-electron chi connectivity index (χ3n) is 6.11. The lowest BCUT2D eigenvalue weighted by Gasteiger charge is -2.49. The van der Waals surface area contributed by atoms with E-state index in [0.717, 1.165) is 0 Å². The Morgan fingerprint density at radius 3 is 2.47 bits per heavy atom. The number of carboxylic acid groups (broad SMARTS) is 1. The number of aliphatic carboxylic acids is 1. The molecule has 1 aromatic heterocycles. The van der Waals surface area contributed by atoms with E-state index in [1.165, 1.54) is 34.1 Å². The molecule has 174 valence electrons. The number of rotatable bonds is 5. The number of hydrogen-bond donors (Lipinski definition) is 4. The standard InChI is InChI=1S/C22H19N5O6S/c23-19(28)11-1-3-12(4-2-11)25-22(32)26-9-13-14-15(26)20(29)27(14)16(21(30)31)17(33-13)18(34)10-5-7-24-8-6-10/h1-8,13-15,18,34H,9H2,(H2,23,28)(H,25,32)(H,30,31)/t13-,14-,15+,18?/m1/s1. The molecule has 5 rings (SSSR count). The van der Waals surface area contributed by atoms with Crippen LogP contribution in [0.4, 0.5) is 10.5 Å². The number of urea groups is 1. The Morgan fingerprint density at radius 2 is 1.85 bits per heavy atom. The summed E-state index contributed by atoms with van der Waals surface area (Å²) in [4.78, 5) is 55.8. The Labute approximate surface area is 198 Å². The minimum Gasteiger partial charge on any atom is -0.487 e. The summed E-state index contributed by atoms with van der Waals surface area (Å²) in [6, 6.07) is 7.36. The molecule has 4 atom stereocenters. The van der Waals surface area contributed by atoms with Crippen LogP contribution in [-0.4, -0.2) is 68.4 Å². The van der Waals surface area contributed by atoms with Gasteiger partial charge in [0.1, 0.15) is 23.9 Å². The monoisotopic (exact) mass is 481 g/mol. The van der Waals surface area contributed by atoms with Crippen LogP contribution in [0, 0.1) is 0 Å². The number of anilines is 1. The lowest BCUT2D eigenvalue weighted by molar-refractivity contribution is -0.160. The van der Waals surface area contributed by atoms with E-state index in [1.54, 1.807) is 24.5 Å². The molecule has 11 nitrogen and oxygen atoms in total. The number of thiol groups is 1. The molecule has 0 aliphatic carbocycles. The molecule has 2 fully saturated rings. The van der Waals surface area contributed by atoms with Gasteiger partial charge in [0.05, 0.1) is 11.8 Å². The highest BCUT2D eigenvalue weighted by Crippen LogP contribution is 2.47. The lowest BCUT2D eigenvalue weighted by atomic mass is 9.90. The molecule has 0 bridgehead atoms. The van der Waals surface area contributed by atoms with Gasteiger partial charge in [0.2, 0.25) is 5.91 Å². The third kappa shape index (κ3) is 3.34. The van der Waals surface area contributed by atoms with Gasteiger partial charge in [-0.05, 0) is 42.0 Å². The summed E-state index contributed by atoms with van der Waals surface area (Å²) in [6.07, 6.45) is 2.49. The van der Waals surface area contributed by atoms with E-state index in [0.29, 0.717) is 16.8 Å².